The molecule has 0 aromatic carbocycles. The Labute approximate surface area is 104 Å². The van der Waals surface area contributed by atoms with Gasteiger partial charge in [-0.05, 0) is 25.7 Å². The van der Waals surface area contributed by atoms with Crippen LogP contribution in [0.25, 0.3) is 10.8 Å². The maximum Gasteiger partial charge on any atom is 0.276 e. The number of rotatable bonds is 2. The van der Waals surface area contributed by atoms with Gasteiger partial charge in [-0.15, -0.1) is 0 Å². The Morgan fingerprint density at radius 1 is 1.53 bits per heavy atom. The van der Waals surface area contributed by atoms with Crippen molar-refractivity contribution in [1.82, 2.24) is 14.3 Å². The lowest BCUT2D eigenvalue weighted by Crippen LogP contribution is -2.23. The molecule has 0 atom stereocenters. The quantitative estimate of drug-likeness (QED) is 0.820. The molecule has 2 heterocycles. The summed E-state index contributed by atoms with van der Waals surface area (Å²) in [5.74, 6) is 0.636. The fourth-order valence-corrected chi connectivity index (χ4v) is 2.44. The number of hydrogen-bond donors (Lipinski definition) is 0. The Balaban J connectivity index is 2.26. The van der Waals surface area contributed by atoms with Gasteiger partial charge in [-0.1, -0.05) is 11.6 Å². The lowest BCUT2D eigenvalue weighted by atomic mass is 10.2. The van der Waals surface area contributed by atoms with E-state index in [1.807, 2.05) is 18.5 Å². The van der Waals surface area contributed by atoms with Crippen LogP contribution in [0, 0.1) is 12.8 Å². The third kappa shape index (κ3) is 1.59. The van der Waals surface area contributed by atoms with Gasteiger partial charge in [-0.2, -0.15) is 5.10 Å². The first kappa shape index (κ1) is 10.8. The molecule has 3 rings (SSSR count). The summed E-state index contributed by atoms with van der Waals surface area (Å²) in [5.41, 5.74) is 0.886. The summed E-state index contributed by atoms with van der Waals surface area (Å²) in [4.78, 5) is 12.3. The second-order valence-corrected chi connectivity index (χ2v) is 5.16. The van der Waals surface area contributed by atoms with Gasteiger partial charge in [-0.25, -0.2) is 4.68 Å². The molecule has 1 aliphatic carbocycles. The third-order valence-electron chi connectivity index (χ3n) is 3.55. The maximum atomic E-state index is 12.3. The molecular formula is C12H14ClN3O. The van der Waals surface area contributed by atoms with E-state index in [4.69, 9.17) is 11.6 Å². The van der Waals surface area contributed by atoms with Gasteiger partial charge < -0.3 is 4.57 Å². The molecule has 0 spiro atoms. The maximum absolute atomic E-state index is 12.3. The van der Waals surface area contributed by atoms with E-state index in [1.165, 1.54) is 12.8 Å². The predicted octanol–water partition coefficient (Wildman–Crippen LogP) is 2.11. The molecule has 1 saturated carbocycles. The number of halogens is 1. The lowest BCUT2D eigenvalue weighted by Gasteiger charge is -2.02. The summed E-state index contributed by atoms with van der Waals surface area (Å²) in [6.45, 7) is 2.65. The molecule has 2 aromatic rings. The minimum atomic E-state index is -0.0191. The fourth-order valence-electron chi connectivity index (χ4n) is 2.17. The van der Waals surface area contributed by atoms with Crippen LogP contribution in [-0.2, 0) is 13.6 Å². The van der Waals surface area contributed by atoms with E-state index in [-0.39, 0.29) is 5.56 Å². The highest BCUT2D eigenvalue weighted by atomic mass is 35.5. The Morgan fingerprint density at radius 3 is 2.88 bits per heavy atom. The molecule has 0 amide bonds. The highest BCUT2D eigenvalue weighted by molar-refractivity contribution is 6.34. The van der Waals surface area contributed by atoms with Gasteiger partial charge in [0, 0.05) is 24.7 Å². The monoisotopic (exact) mass is 251 g/mol. The van der Waals surface area contributed by atoms with Crippen molar-refractivity contribution < 1.29 is 0 Å². The van der Waals surface area contributed by atoms with Crippen LogP contribution in [-0.4, -0.2) is 14.3 Å². The average Bonchev–Trinajstić information content (AvgIpc) is 3.09. The Kier molecular flexibility index (Phi) is 2.30. The number of aromatic nitrogens is 3. The number of nitrogens with zero attached hydrogens (tertiary/aromatic N) is 3. The van der Waals surface area contributed by atoms with Gasteiger partial charge in [0.15, 0.2) is 0 Å². The predicted molar refractivity (Wildman–Crippen MR) is 67.4 cm³/mol. The van der Waals surface area contributed by atoms with E-state index in [1.54, 1.807) is 10.9 Å². The van der Waals surface area contributed by atoms with Gasteiger partial charge in [0.25, 0.3) is 5.56 Å². The van der Waals surface area contributed by atoms with Crippen molar-refractivity contribution in [2.45, 2.75) is 26.3 Å². The van der Waals surface area contributed by atoms with Gasteiger partial charge in [0.1, 0.15) is 5.15 Å². The second kappa shape index (κ2) is 3.60. The van der Waals surface area contributed by atoms with E-state index in [2.05, 4.69) is 5.10 Å². The number of hydrogen-bond acceptors (Lipinski definition) is 2. The van der Waals surface area contributed by atoms with Crippen LogP contribution in [0.4, 0.5) is 0 Å². The van der Waals surface area contributed by atoms with E-state index in [0.29, 0.717) is 16.5 Å². The summed E-state index contributed by atoms with van der Waals surface area (Å²) in [5, 5.41) is 6.25. The standard InChI is InChI=1S/C12H14ClN3O/c1-7-10-9(11(13)15(7)2)5-14-16(12(10)17)6-8-3-4-8/h5,8H,3-4,6H2,1-2H3. The minimum Gasteiger partial charge on any atom is -0.338 e. The topological polar surface area (TPSA) is 39.8 Å². The minimum absolute atomic E-state index is 0.0191. The number of aryl methyl sites for hydroxylation is 1. The first-order valence-corrected chi connectivity index (χ1v) is 6.18. The molecular weight excluding hydrogens is 238 g/mol. The molecule has 90 valence electrons. The SMILES string of the molecule is Cc1c2c(=O)n(CC3CC3)ncc2c(Cl)n1C. The van der Waals surface area contributed by atoms with E-state index >= 15 is 0 Å². The van der Waals surface area contributed by atoms with E-state index < -0.39 is 0 Å². The second-order valence-electron chi connectivity index (χ2n) is 4.80. The van der Waals surface area contributed by atoms with Crippen LogP contribution in [0.3, 0.4) is 0 Å². The van der Waals surface area contributed by atoms with Crippen LogP contribution >= 0.6 is 11.6 Å². The van der Waals surface area contributed by atoms with Crippen molar-refractivity contribution in [3.63, 3.8) is 0 Å². The van der Waals surface area contributed by atoms with Crippen molar-refractivity contribution in [2.75, 3.05) is 0 Å². The third-order valence-corrected chi connectivity index (χ3v) is 4.01. The van der Waals surface area contributed by atoms with Gasteiger partial charge >= 0.3 is 0 Å². The van der Waals surface area contributed by atoms with Gasteiger partial charge in [0.2, 0.25) is 0 Å². The Hall–Kier alpha value is -1.29. The van der Waals surface area contributed by atoms with E-state index in [0.717, 1.165) is 17.6 Å². The summed E-state index contributed by atoms with van der Waals surface area (Å²) in [6.07, 6.45) is 4.12. The number of fused-ring (bicyclic) bond motifs is 1. The average molecular weight is 252 g/mol. The molecule has 0 aliphatic heterocycles. The molecule has 17 heavy (non-hydrogen) atoms. The van der Waals surface area contributed by atoms with E-state index in [9.17, 15) is 4.79 Å². The zero-order chi connectivity index (χ0) is 12.2. The molecule has 0 radical (unpaired) electrons. The molecule has 0 saturated heterocycles. The van der Waals surface area contributed by atoms with Crippen molar-refractivity contribution in [3.05, 3.63) is 27.4 Å². The van der Waals surface area contributed by atoms with Crippen molar-refractivity contribution >= 4 is 22.4 Å². The molecule has 0 unspecified atom stereocenters. The smallest absolute Gasteiger partial charge is 0.276 e. The largest absolute Gasteiger partial charge is 0.338 e. The van der Waals surface area contributed by atoms with Crippen LogP contribution in [0.15, 0.2) is 11.0 Å². The molecule has 5 heteroatoms. The molecule has 2 aromatic heterocycles. The van der Waals surface area contributed by atoms with Crippen LogP contribution in [0.1, 0.15) is 18.5 Å². The molecule has 1 aliphatic rings. The first-order chi connectivity index (χ1) is 8.09. The zero-order valence-corrected chi connectivity index (χ0v) is 10.7. The summed E-state index contributed by atoms with van der Waals surface area (Å²) >= 11 is 6.16. The van der Waals surface area contributed by atoms with Crippen LogP contribution in [0.5, 0.6) is 0 Å². The highest BCUT2D eigenvalue weighted by Gasteiger charge is 2.24. The van der Waals surface area contributed by atoms with Crippen molar-refractivity contribution in [2.24, 2.45) is 13.0 Å². The van der Waals surface area contributed by atoms with Crippen LogP contribution < -0.4 is 5.56 Å². The molecule has 4 nitrogen and oxygen atoms in total. The normalized spacial score (nSPS) is 15.7. The highest BCUT2D eigenvalue weighted by Crippen LogP contribution is 2.30. The van der Waals surface area contributed by atoms with Crippen molar-refractivity contribution in [1.29, 1.82) is 0 Å². The first-order valence-electron chi connectivity index (χ1n) is 5.80. The summed E-state index contributed by atoms with van der Waals surface area (Å²) in [6, 6.07) is 0. The molecule has 0 N–H and O–H groups in total. The zero-order valence-electron chi connectivity index (χ0n) is 9.90. The lowest BCUT2D eigenvalue weighted by molar-refractivity contribution is 0.538. The fraction of sp³-hybridized carbons (Fsp3) is 0.500. The summed E-state index contributed by atoms with van der Waals surface area (Å²) in [7, 11) is 1.86. The van der Waals surface area contributed by atoms with Gasteiger partial charge in [0.05, 0.1) is 11.6 Å². The molecule has 0 bridgehead atoms. The Bertz CT molecular complexity index is 652. The van der Waals surface area contributed by atoms with Crippen molar-refractivity contribution in [3.8, 4) is 0 Å². The summed E-state index contributed by atoms with van der Waals surface area (Å²) < 4.78 is 3.40. The molecule has 1 fully saturated rings. The van der Waals surface area contributed by atoms with Gasteiger partial charge in [-0.3, -0.25) is 4.79 Å². The Morgan fingerprint density at radius 2 is 2.24 bits per heavy atom. The van der Waals surface area contributed by atoms with Crippen LogP contribution in [0.2, 0.25) is 5.15 Å².